The van der Waals surface area contributed by atoms with E-state index >= 15 is 0 Å². The summed E-state index contributed by atoms with van der Waals surface area (Å²) in [5, 5.41) is 3.60. The number of rotatable bonds is 3. The molecule has 0 saturated carbocycles. The van der Waals surface area contributed by atoms with Crippen molar-refractivity contribution in [1.82, 2.24) is 4.98 Å². The molecule has 1 unspecified atom stereocenters. The average molecular weight is 262 g/mol. The van der Waals surface area contributed by atoms with Crippen LogP contribution in [0.3, 0.4) is 0 Å². The Labute approximate surface area is 111 Å². The molecule has 1 fully saturated rings. The summed E-state index contributed by atoms with van der Waals surface area (Å²) in [7, 11) is 0. The third-order valence-corrected chi connectivity index (χ3v) is 4.48. The van der Waals surface area contributed by atoms with Gasteiger partial charge >= 0.3 is 0 Å². The molecule has 1 atom stereocenters. The zero-order chi connectivity index (χ0) is 12.4. The lowest BCUT2D eigenvalue weighted by Gasteiger charge is -2.23. The molecule has 0 spiro atoms. The highest BCUT2D eigenvalue weighted by Gasteiger charge is 2.14. The molecule has 3 nitrogen and oxygen atoms in total. The van der Waals surface area contributed by atoms with E-state index in [1.807, 2.05) is 17.8 Å². The number of oxazole rings is 1. The molecular weight excluding hydrogens is 244 g/mol. The van der Waals surface area contributed by atoms with Gasteiger partial charge in [0.25, 0.3) is 0 Å². The van der Waals surface area contributed by atoms with Crippen LogP contribution in [-0.2, 0) is 6.42 Å². The molecule has 3 rings (SSSR count). The topological polar surface area (TPSA) is 38.1 Å². The number of nitrogens with zero attached hydrogens (tertiary/aromatic N) is 1. The molecule has 1 saturated heterocycles. The van der Waals surface area contributed by atoms with E-state index in [-0.39, 0.29) is 0 Å². The summed E-state index contributed by atoms with van der Waals surface area (Å²) in [4.78, 5) is 4.47. The third kappa shape index (κ3) is 2.48. The van der Waals surface area contributed by atoms with Crippen molar-refractivity contribution in [3.8, 4) is 0 Å². The number of aryl methyl sites for hydroxylation is 1. The monoisotopic (exact) mass is 262 g/mol. The zero-order valence-electron chi connectivity index (χ0n) is 10.6. The number of nitrogens with one attached hydrogen (secondary N) is 1. The molecule has 96 valence electrons. The number of thioether (sulfide) groups is 1. The van der Waals surface area contributed by atoms with Crippen LogP contribution >= 0.6 is 11.8 Å². The van der Waals surface area contributed by atoms with Crippen LogP contribution in [0.5, 0.6) is 0 Å². The lowest BCUT2D eigenvalue weighted by molar-refractivity contribution is 0.538. The van der Waals surface area contributed by atoms with Gasteiger partial charge in [0.15, 0.2) is 11.5 Å². The van der Waals surface area contributed by atoms with Crippen molar-refractivity contribution >= 4 is 28.5 Å². The molecule has 2 heterocycles. The number of hydrogen-bond acceptors (Lipinski definition) is 4. The first-order valence-electron chi connectivity index (χ1n) is 6.59. The standard InChI is InChI=1S/C14H18N2OS/c1-2-14-16-12-8-10(5-6-13(12)17-14)15-11-4-3-7-18-9-11/h5-6,8,11,15H,2-4,7,9H2,1H3. The minimum atomic E-state index is 0.596. The first-order chi connectivity index (χ1) is 8.85. The number of aromatic nitrogens is 1. The summed E-state index contributed by atoms with van der Waals surface area (Å²) in [5.74, 6) is 3.33. The maximum atomic E-state index is 5.62. The highest BCUT2D eigenvalue weighted by molar-refractivity contribution is 7.99. The van der Waals surface area contributed by atoms with E-state index < -0.39 is 0 Å². The predicted molar refractivity (Wildman–Crippen MR) is 77.4 cm³/mol. The summed E-state index contributed by atoms with van der Waals surface area (Å²) >= 11 is 2.04. The number of hydrogen-bond donors (Lipinski definition) is 1. The van der Waals surface area contributed by atoms with Gasteiger partial charge in [-0.3, -0.25) is 0 Å². The van der Waals surface area contributed by atoms with Crippen LogP contribution in [-0.4, -0.2) is 22.5 Å². The maximum Gasteiger partial charge on any atom is 0.195 e. The van der Waals surface area contributed by atoms with Gasteiger partial charge in [-0.15, -0.1) is 0 Å². The Morgan fingerprint density at radius 3 is 3.22 bits per heavy atom. The van der Waals surface area contributed by atoms with Crippen molar-refractivity contribution in [3.63, 3.8) is 0 Å². The summed E-state index contributed by atoms with van der Waals surface area (Å²) in [6, 6.07) is 6.79. The van der Waals surface area contributed by atoms with Crippen LogP contribution in [0.25, 0.3) is 11.1 Å². The number of benzene rings is 1. The molecule has 0 amide bonds. The van der Waals surface area contributed by atoms with Crippen LogP contribution in [0.4, 0.5) is 5.69 Å². The Morgan fingerprint density at radius 1 is 1.50 bits per heavy atom. The molecule has 1 aliphatic heterocycles. The van der Waals surface area contributed by atoms with Gasteiger partial charge in [0, 0.05) is 23.9 Å². The second-order valence-electron chi connectivity index (χ2n) is 4.70. The SMILES string of the molecule is CCc1nc2cc(NC3CCCSC3)ccc2o1. The molecule has 1 N–H and O–H groups in total. The largest absolute Gasteiger partial charge is 0.441 e. The number of anilines is 1. The van der Waals surface area contributed by atoms with E-state index in [0.717, 1.165) is 29.1 Å². The maximum absolute atomic E-state index is 5.62. The van der Waals surface area contributed by atoms with Gasteiger partial charge in [0.1, 0.15) is 5.52 Å². The fourth-order valence-electron chi connectivity index (χ4n) is 2.31. The van der Waals surface area contributed by atoms with Crippen LogP contribution in [0.15, 0.2) is 22.6 Å². The molecule has 0 bridgehead atoms. The highest BCUT2D eigenvalue weighted by atomic mass is 32.2. The van der Waals surface area contributed by atoms with E-state index in [9.17, 15) is 0 Å². The Balaban J connectivity index is 1.79. The second-order valence-corrected chi connectivity index (χ2v) is 5.85. The molecule has 18 heavy (non-hydrogen) atoms. The van der Waals surface area contributed by atoms with Gasteiger partial charge in [-0.2, -0.15) is 11.8 Å². The summed E-state index contributed by atoms with van der Waals surface area (Å²) in [6.45, 7) is 2.06. The Hall–Kier alpha value is -1.16. The second kappa shape index (κ2) is 5.22. The smallest absolute Gasteiger partial charge is 0.195 e. The van der Waals surface area contributed by atoms with Crippen molar-refractivity contribution < 1.29 is 4.42 Å². The lowest BCUT2D eigenvalue weighted by Crippen LogP contribution is -2.25. The Kier molecular flexibility index (Phi) is 3.46. The molecule has 1 aromatic heterocycles. The van der Waals surface area contributed by atoms with E-state index in [1.54, 1.807) is 0 Å². The van der Waals surface area contributed by atoms with Crippen LogP contribution in [0.2, 0.25) is 0 Å². The first-order valence-corrected chi connectivity index (χ1v) is 7.74. The van der Waals surface area contributed by atoms with Crippen molar-refractivity contribution in [2.75, 3.05) is 16.8 Å². The van der Waals surface area contributed by atoms with Crippen LogP contribution in [0, 0.1) is 0 Å². The molecule has 0 radical (unpaired) electrons. The number of fused-ring (bicyclic) bond motifs is 1. The first kappa shape index (κ1) is 11.9. The molecule has 2 aromatic rings. The normalized spacial score (nSPS) is 20.2. The van der Waals surface area contributed by atoms with Crippen LogP contribution in [0.1, 0.15) is 25.7 Å². The third-order valence-electron chi connectivity index (χ3n) is 3.27. The van der Waals surface area contributed by atoms with Crippen molar-refractivity contribution in [1.29, 1.82) is 0 Å². The van der Waals surface area contributed by atoms with Gasteiger partial charge < -0.3 is 9.73 Å². The van der Waals surface area contributed by atoms with E-state index in [2.05, 4.69) is 29.4 Å². The van der Waals surface area contributed by atoms with Crippen LogP contribution < -0.4 is 5.32 Å². The van der Waals surface area contributed by atoms with Gasteiger partial charge in [0.05, 0.1) is 0 Å². The quantitative estimate of drug-likeness (QED) is 0.915. The van der Waals surface area contributed by atoms with Crippen molar-refractivity contribution in [2.45, 2.75) is 32.2 Å². The minimum Gasteiger partial charge on any atom is -0.441 e. The minimum absolute atomic E-state index is 0.596. The summed E-state index contributed by atoms with van der Waals surface area (Å²) in [6.07, 6.45) is 3.43. The Bertz CT molecular complexity index is 532. The lowest BCUT2D eigenvalue weighted by atomic mass is 10.1. The predicted octanol–water partition coefficient (Wildman–Crippen LogP) is 3.70. The molecule has 4 heteroatoms. The Morgan fingerprint density at radius 2 is 2.44 bits per heavy atom. The van der Waals surface area contributed by atoms with Gasteiger partial charge in [0.2, 0.25) is 0 Å². The van der Waals surface area contributed by atoms with E-state index in [4.69, 9.17) is 4.42 Å². The van der Waals surface area contributed by atoms with Crippen molar-refractivity contribution in [3.05, 3.63) is 24.1 Å². The van der Waals surface area contributed by atoms with Gasteiger partial charge in [-0.05, 0) is 36.8 Å². The summed E-state index contributed by atoms with van der Waals surface area (Å²) < 4.78 is 5.62. The van der Waals surface area contributed by atoms with Gasteiger partial charge in [-0.1, -0.05) is 6.92 Å². The van der Waals surface area contributed by atoms with Crippen molar-refractivity contribution in [2.24, 2.45) is 0 Å². The zero-order valence-corrected chi connectivity index (χ0v) is 11.4. The molecule has 1 aliphatic rings. The van der Waals surface area contributed by atoms with E-state index in [1.165, 1.54) is 24.3 Å². The van der Waals surface area contributed by atoms with E-state index in [0.29, 0.717) is 6.04 Å². The summed E-state index contributed by atoms with van der Waals surface area (Å²) in [5.41, 5.74) is 3.00. The fraction of sp³-hybridized carbons (Fsp3) is 0.500. The fourth-order valence-corrected chi connectivity index (χ4v) is 3.38. The molecular formula is C14H18N2OS. The highest BCUT2D eigenvalue weighted by Crippen LogP contribution is 2.24. The molecule has 1 aromatic carbocycles. The van der Waals surface area contributed by atoms with Gasteiger partial charge in [-0.25, -0.2) is 4.98 Å². The average Bonchev–Trinajstić information content (AvgIpc) is 2.82. The molecule has 0 aliphatic carbocycles.